The Morgan fingerprint density at radius 3 is 2.95 bits per heavy atom. The number of nitrogens with zero attached hydrogens (tertiary/aromatic N) is 3. The van der Waals surface area contributed by atoms with Crippen molar-refractivity contribution in [3.05, 3.63) is 41.5 Å². The van der Waals surface area contributed by atoms with Gasteiger partial charge in [-0.25, -0.2) is 9.67 Å². The molecule has 1 N–H and O–H groups in total. The van der Waals surface area contributed by atoms with Gasteiger partial charge in [0, 0.05) is 11.7 Å². The van der Waals surface area contributed by atoms with Gasteiger partial charge in [0.25, 0.3) is 0 Å². The molecule has 1 heterocycles. The van der Waals surface area contributed by atoms with Crippen LogP contribution in [0.5, 0.6) is 0 Å². The number of aromatic nitrogens is 3. The summed E-state index contributed by atoms with van der Waals surface area (Å²) in [4.78, 5) is 4.35. The average molecular weight is 270 g/mol. The summed E-state index contributed by atoms with van der Waals surface area (Å²) in [5, 5.41) is 7.83. The van der Waals surface area contributed by atoms with E-state index < -0.39 is 0 Å². The van der Waals surface area contributed by atoms with E-state index in [1.807, 2.05) is 4.68 Å². The van der Waals surface area contributed by atoms with Gasteiger partial charge >= 0.3 is 0 Å². The van der Waals surface area contributed by atoms with Crippen molar-refractivity contribution in [3.63, 3.8) is 0 Å². The minimum atomic E-state index is 0.346. The Labute approximate surface area is 120 Å². The maximum absolute atomic E-state index is 4.35. The minimum absolute atomic E-state index is 0.346. The molecule has 4 nitrogen and oxygen atoms in total. The fraction of sp³-hybridized carbons (Fsp3) is 0.500. The van der Waals surface area contributed by atoms with E-state index in [2.05, 4.69) is 47.4 Å². The maximum atomic E-state index is 4.35. The van der Waals surface area contributed by atoms with E-state index in [0.29, 0.717) is 6.04 Å². The van der Waals surface area contributed by atoms with Crippen molar-refractivity contribution in [2.45, 2.75) is 52.1 Å². The molecular formula is C16H22N4. The van der Waals surface area contributed by atoms with Gasteiger partial charge < -0.3 is 5.32 Å². The highest BCUT2D eigenvalue weighted by atomic mass is 15.4. The molecule has 1 aromatic heterocycles. The van der Waals surface area contributed by atoms with Gasteiger partial charge in [0.2, 0.25) is 0 Å². The normalized spacial score (nSPS) is 14.3. The lowest BCUT2D eigenvalue weighted by atomic mass is 9.90. The highest BCUT2D eigenvalue weighted by Crippen LogP contribution is 2.28. The molecule has 106 valence electrons. The molecule has 0 aliphatic heterocycles. The number of fused-ring (bicyclic) bond motifs is 1. The van der Waals surface area contributed by atoms with E-state index in [0.717, 1.165) is 12.4 Å². The topological polar surface area (TPSA) is 42.7 Å². The van der Waals surface area contributed by atoms with Gasteiger partial charge in [0.15, 0.2) is 0 Å². The summed E-state index contributed by atoms with van der Waals surface area (Å²) in [6.45, 7) is 4.99. The van der Waals surface area contributed by atoms with Crippen molar-refractivity contribution < 1.29 is 0 Å². The van der Waals surface area contributed by atoms with Crippen LogP contribution in [0.2, 0.25) is 0 Å². The summed E-state index contributed by atoms with van der Waals surface area (Å²) in [7, 11) is 0. The third-order valence-electron chi connectivity index (χ3n) is 3.97. The molecule has 0 amide bonds. The number of anilines is 1. The van der Waals surface area contributed by atoms with E-state index in [1.54, 1.807) is 6.33 Å². The van der Waals surface area contributed by atoms with Gasteiger partial charge in [-0.1, -0.05) is 12.1 Å². The standard InChI is InChI=1S/C16H22N4/c1-12(2)20-16(18-11-19-20)10-17-15-9-5-7-13-6-3-4-8-14(13)15/h5,7,9,11-12,17H,3-4,6,8,10H2,1-2H3. The zero-order chi connectivity index (χ0) is 13.9. The minimum Gasteiger partial charge on any atom is -0.378 e. The predicted molar refractivity (Wildman–Crippen MR) is 80.8 cm³/mol. The van der Waals surface area contributed by atoms with Gasteiger partial charge in [-0.05, 0) is 56.7 Å². The van der Waals surface area contributed by atoms with Crippen LogP contribution in [0.15, 0.2) is 24.5 Å². The van der Waals surface area contributed by atoms with Crippen molar-refractivity contribution in [1.29, 1.82) is 0 Å². The van der Waals surface area contributed by atoms with Crippen LogP contribution in [0.4, 0.5) is 5.69 Å². The maximum Gasteiger partial charge on any atom is 0.146 e. The van der Waals surface area contributed by atoms with E-state index in [1.165, 1.54) is 42.5 Å². The van der Waals surface area contributed by atoms with Crippen molar-refractivity contribution in [1.82, 2.24) is 14.8 Å². The molecule has 1 aromatic carbocycles. The fourth-order valence-corrected chi connectivity index (χ4v) is 2.95. The van der Waals surface area contributed by atoms with Gasteiger partial charge in [-0.3, -0.25) is 0 Å². The number of hydrogen-bond acceptors (Lipinski definition) is 3. The molecule has 2 aromatic rings. The van der Waals surface area contributed by atoms with E-state index in [-0.39, 0.29) is 0 Å². The monoisotopic (exact) mass is 270 g/mol. The molecule has 0 radical (unpaired) electrons. The van der Waals surface area contributed by atoms with Crippen LogP contribution in [0.3, 0.4) is 0 Å². The first-order valence-electron chi connectivity index (χ1n) is 7.48. The molecule has 20 heavy (non-hydrogen) atoms. The summed E-state index contributed by atoms with van der Waals surface area (Å²) >= 11 is 0. The summed E-state index contributed by atoms with van der Waals surface area (Å²) in [6.07, 6.45) is 6.66. The van der Waals surface area contributed by atoms with Crippen LogP contribution >= 0.6 is 0 Å². The summed E-state index contributed by atoms with van der Waals surface area (Å²) in [5.74, 6) is 0.994. The molecule has 0 atom stereocenters. The predicted octanol–water partition coefficient (Wildman–Crippen LogP) is 3.35. The van der Waals surface area contributed by atoms with Gasteiger partial charge in [0.1, 0.15) is 12.2 Å². The lowest BCUT2D eigenvalue weighted by molar-refractivity contribution is 0.509. The van der Waals surface area contributed by atoms with E-state index in [9.17, 15) is 0 Å². The fourth-order valence-electron chi connectivity index (χ4n) is 2.95. The number of rotatable bonds is 4. The summed E-state index contributed by atoms with van der Waals surface area (Å²) in [6, 6.07) is 6.94. The third kappa shape index (κ3) is 2.55. The molecule has 0 spiro atoms. The molecule has 0 fully saturated rings. The molecule has 1 aliphatic rings. The molecular weight excluding hydrogens is 248 g/mol. The average Bonchev–Trinajstić information content (AvgIpc) is 2.93. The summed E-state index contributed by atoms with van der Waals surface area (Å²) in [5.41, 5.74) is 4.27. The SMILES string of the molecule is CC(C)n1ncnc1CNc1cccc2c1CCCC2. The van der Waals surface area contributed by atoms with Crippen LogP contribution in [0.1, 0.15) is 49.7 Å². The highest BCUT2D eigenvalue weighted by Gasteiger charge is 2.13. The Bertz CT molecular complexity index is 586. The highest BCUT2D eigenvalue weighted by molar-refractivity contribution is 5.55. The molecule has 0 bridgehead atoms. The second kappa shape index (κ2) is 5.65. The van der Waals surface area contributed by atoms with Gasteiger partial charge in [-0.2, -0.15) is 5.10 Å². The number of aryl methyl sites for hydroxylation is 1. The second-order valence-corrected chi connectivity index (χ2v) is 5.72. The van der Waals surface area contributed by atoms with Crippen LogP contribution in [-0.2, 0) is 19.4 Å². The number of benzene rings is 1. The zero-order valence-electron chi connectivity index (χ0n) is 12.3. The summed E-state index contributed by atoms with van der Waals surface area (Å²) < 4.78 is 1.97. The molecule has 1 aliphatic carbocycles. The Hall–Kier alpha value is -1.84. The Morgan fingerprint density at radius 2 is 2.10 bits per heavy atom. The third-order valence-corrected chi connectivity index (χ3v) is 3.97. The molecule has 0 unspecified atom stereocenters. The second-order valence-electron chi connectivity index (χ2n) is 5.72. The van der Waals surface area contributed by atoms with Crippen molar-refractivity contribution >= 4 is 5.69 Å². The molecule has 0 saturated heterocycles. The zero-order valence-corrected chi connectivity index (χ0v) is 12.3. The molecule has 4 heteroatoms. The van der Waals surface area contributed by atoms with Crippen LogP contribution in [0, 0.1) is 0 Å². The van der Waals surface area contributed by atoms with Crippen molar-refractivity contribution in [2.75, 3.05) is 5.32 Å². The van der Waals surface area contributed by atoms with Crippen molar-refractivity contribution in [2.24, 2.45) is 0 Å². The van der Waals surface area contributed by atoms with Crippen LogP contribution in [0.25, 0.3) is 0 Å². The largest absolute Gasteiger partial charge is 0.378 e. The van der Waals surface area contributed by atoms with Crippen LogP contribution in [-0.4, -0.2) is 14.8 Å². The Morgan fingerprint density at radius 1 is 1.25 bits per heavy atom. The lowest BCUT2D eigenvalue weighted by Gasteiger charge is -2.20. The first-order valence-corrected chi connectivity index (χ1v) is 7.48. The Balaban J connectivity index is 1.77. The van der Waals surface area contributed by atoms with E-state index >= 15 is 0 Å². The first kappa shape index (κ1) is 13.2. The molecule has 0 saturated carbocycles. The Kier molecular flexibility index (Phi) is 3.72. The van der Waals surface area contributed by atoms with Crippen LogP contribution < -0.4 is 5.32 Å². The first-order chi connectivity index (χ1) is 9.75. The van der Waals surface area contributed by atoms with Crippen molar-refractivity contribution in [3.8, 4) is 0 Å². The number of nitrogens with one attached hydrogen (secondary N) is 1. The van der Waals surface area contributed by atoms with Gasteiger partial charge in [-0.15, -0.1) is 0 Å². The quantitative estimate of drug-likeness (QED) is 0.926. The van der Waals surface area contributed by atoms with Gasteiger partial charge in [0.05, 0.1) is 6.54 Å². The molecule has 3 rings (SSSR count). The lowest BCUT2D eigenvalue weighted by Crippen LogP contribution is -2.13. The van der Waals surface area contributed by atoms with E-state index in [4.69, 9.17) is 0 Å². The smallest absolute Gasteiger partial charge is 0.146 e. The number of hydrogen-bond donors (Lipinski definition) is 1.